The summed E-state index contributed by atoms with van der Waals surface area (Å²) in [5, 5.41) is 11.0. The number of rotatable bonds is 6. The van der Waals surface area contributed by atoms with Crippen molar-refractivity contribution in [3.63, 3.8) is 0 Å². The van der Waals surface area contributed by atoms with Gasteiger partial charge in [-0.05, 0) is 19.1 Å². The fourth-order valence-electron chi connectivity index (χ4n) is 3.09. The molecule has 1 N–H and O–H groups in total. The molecule has 0 aliphatic heterocycles. The molecular weight excluding hydrogens is 388 g/mol. The van der Waals surface area contributed by atoms with Crippen molar-refractivity contribution in [2.75, 3.05) is 6.61 Å². The average Bonchev–Trinajstić information content (AvgIpc) is 3.16. The molecule has 2 heterocycles. The lowest BCUT2D eigenvalue weighted by molar-refractivity contribution is 0.0699. The van der Waals surface area contributed by atoms with Crippen LogP contribution in [0.25, 0.3) is 21.6 Å². The molecular formula is C22H18N2O4S. The first-order chi connectivity index (χ1) is 14.0. The van der Waals surface area contributed by atoms with Crippen molar-refractivity contribution in [3.8, 4) is 17.1 Å². The van der Waals surface area contributed by atoms with Crippen LogP contribution in [-0.4, -0.2) is 27.2 Å². The number of thiophene rings is 1. The lowest BCUT2D eigenvalue weighted by atomic mass is 10.2. The van der Waals surface area contributed by atoms with Gasteiger partial charge in [-0.2, -0.15) is 0 Å². The minimum atomic E-state index is -1.13. The van der Waals surface area contributed by atoms with Gasteiger partial charge in [0.15, 0.2) is 0 Å². The second-order valence-corrected chi connectivity index (χ2v) is 7.41. The van der Waals surface area contributed by atoms with E-state index in [0.717, 1.165) is 22.5 Å². The molecule has 0 spiro atoms. The van der Waals surface area contributed by atoms with E-state index in [-0.39, 0.29) is 29.7 Å². The maximum absolute atomic E-state index is 13.2. The molecule has 0 saturated carbocycles. The first kappa shape index (κ1) is 18.9. The van der Waals surface area contributed by atoms with E-state index in [1.54, 1.807) is 0 Å². The molecule has 0 aliphatic rings. The summed E-state index contributed by atoms with van der Waals surface area (Å²) < 4.78 is 7.27. The normalized spacial score (nSPS) is 10.9. The summed E-state index contributed by atoms with van der Waals surface area (Å²) in [5.41, 5.74) is 1.52. The third-order valence-electron chi connectivity index (χ3n) is 4.56. The van der Waals surface area contributed by atoms with Crippen LogP contribution in [0.1, 0.15) is 15.9 Å². The van der Waals surface area contributed by atoms with E-state index in [1.807, 2.05) is 61.5 Å². The van der Waals surface area contributed by atoms with E-state index in [9.17, 15) is 14.7 Å². The Kier molecular flexibility index (Phi) is 5.14. The predicted octanol–water partition coefficient (Wildman–Crippen LogP) is 4.21. The Bertz CT molecular complexity index is 1230. The number of carboxylic acids is 1. The SMILES string of the molecule is Cc1ccc(OCCn2c(-c3ccccc3)nc3scc(C(=O)O)c3c2=O)cc1. The molecule has 4 aromatic rings. The molecule has 4 rings (SSSR count). The number of aromatic nitrogens is 2. The quantitative estimate of drug-likeness (QED) is 0.519. The fraction of sp³-hybridized carbons (Fsp3) is 0.136. The highest BCUT2D eigenvalue weighted by molar-refractivity contribution is 7.17. The average molecular weight is 406 g/mol. The van der Waals surface area contributed by atoms with Crippen LogP contribution in [-0.2, 0) is 6.54 Å². The van der Waals surface area contributed by atoms with Crippen LogP contribution in [0.5, 0.6) is 5.75 Å². The molecule has 0 aliphatic carbocycles. The number of fused-ring (bicyclic) bond motifs is 1. The summed E-state index contributed by atoms with van der Waals surface area (Å²) in [4.78, 5) is 29.8. The molecule has 0 bridgehead atoms. The van der Waals surface area contributed by atoms with Gasteiger partial charge in [0.2, 0.25) is 0 Å². The van der Waals surface area contributed by atoms with Gasteiger partial charge in [0, 0.05) is 10.9 Å². The molecule has 0 radical (unpaired) electrons. The second kappa shape index (κ2) is 7.89. The number of aryl methyl sites for hydroxylation is 1. The maximum atomic E-state index is 13.2. The van der Waals surface area contributed by atoms with Crippen molar-refractivity contribution < 1.29 is 14.6 Å². The van der Waals surface area contributed by atoms with Crippen molar-refractivity contribution in [1.82, 2.24) is 9.55 Å². The third kappa shape index (κ3) is 3.77. The molecule has 0 amide bonds. The Labute approximate surface area is 170 Å². The van der Waals surface area contributed by atoms with Crippen LogP contribution in [0.3, 0.4) is 0 Å². The van der Waals surface area contributed by atoms with Crippen LogP contribution in [0.15, 0.2) is 64.8 Å². The van der Waals surface area contributed by atoms with Gasteiger partial charge >= 0.3 is 5.97 Å². The Morgan fingerprint density at radius 3 is 2.55 bits per heavy atom. The van der Waals surface area contributed by atoms with Crippen molar-refractivity contribution in [2.45, 2.75) is 13.5 Å². The molecule has 0 saturated heterocycles. The summed E-state index contributed by atoms with van der Waals surface area (Å²) >= 11 is 1.16. The summed E-state index contributed by atoms with van der Waals surface area (Å²) in [7, 11) is 0. The van der Waals surface area contributed by atoms with Gasteiger partial charge in [-0.1, -0.05) is 48.0 Å². The molecule has 0 fully saturated rings. The van der Waals surface area contributed by atoms with Crippen LogP contribution in [0.4, 0.5) is 0 Å². The molecule has 7 heteroatoms. The lowest BCUT2D eigenvalue weighted by Gasteiger charge is -2.14. The number of nitrogens with zero attached hydrogens (tertiary/aromatic N) is 2. The largest absolute Gasteiger partial charge is 0.492 e. The summed E-state index contributed by atoms with van der Waals surface area (Å²) in [6.07, 6.45) is 0. The zero-order valence-corrected chi connectivity index (χ0v) is 16.5. The topological polar surface area (TPSA) is 81.4 Å². The number of carbonyl (C=O) groups is 1. The number of benzene rings is 2. The van der Waals surface area contributed by atoms with Crippen LogP contribution in [0.2, 0.25) is 0 Å². The van der Waals surface area contributed by atoms with Crippen LogP contribution >= 0.6 is 11.3 Å². The third-order valence-corrected chi connectivity index (χ3v) is 5.43. The highest BCUT2D eigenvalue weighted by Gasteiger charge is 2.20. The van der Waals surface area contributed by atoms with Crippen LogP contribution < -0.4 is 10.3 Å². The highest BCUT2D eigenvalue weighted by Crippen LogP contribution is 2.25. The van der Waals surface area contributed by atoms with E-state index in [4.69, 9.17) is 4.74 Å². The molecule has 2 aromatic heterocycles. The number of aromatic carboxylic acids is 1. The molecule has 0 atom stereocenters. The van der Waals surface area contributed by atoms with E-state index in [1.165, 1.54) is 9.95 Å². The summed E-state index contributed by atoms with van der Waals surface area (Å²) in [6, 6.07) is 17.0. The van der Waals surface area contributed by atoms with E-state index in [0.29, 0.717) is 16.4 Å². The van der Waals surface area contributed by atoms with Gasteiger partial charge in [-0.15, -0.1) is 11.3 Å². The minimum absolute atomic E-state index is 0.0182. The lowest BCUT2D eigenvalue weighted by Crippen LogP contribution is -2.26. The monoisotopic (exact) mass is 406 g/mol. The maximum Gasteiger partial charge on any atom is 0.337 e. The summed E-state index contributed by atoms with van der Waals surface area (Å²) in [5.74, 6) is 0.0696. The molecule has 29 heavy (non-hydrogen) atoms. The zero-order valence-electron chi connectivity index (χ0n) is 15.7. The van der Waals surface area contributed by atoms with Crippen molar-refractivity contribution in [1.29, 1.82) is 0 Å². The van der Waals surface area contributed by atoms with Crippen molar-refractivity contribution in [2.24, 2.45) is 0 Å². The van der Waals surface area contributed by atoms with E-state index in [2.05, 4.69) is 4.98 Å². The van der Waals surface area contributed by atoms with Gasteiger partial charge in [0.1, 0.15) is 23.0 Å². The Balaban J connectivity index is 1.75. The predicted molar refractivity (Wildman–Crippen MR) is 113 cm³/mol. The van der Waals surface area contributed by atoms with Gasteiger partial charge in [-0.3, -0.25) is 9.36 Å². The highest BCUT2D eigenvalue weighted by atomic mass is 32.1. The van der Waals surface area contributed by atoms with Crippen molar-refractivity contribution >= 4 is 27.5 Å². The number of carboxylic acid groups (broad SMARTS) is 1. The van der Waals surface area contributed by atoms with Gasteiger partial charge in [0.25, 0.3) is 5.56 Å². The van der Waals surface area contributed by atoms with E-state index < -0.39 is 5.97 Å². The number of hydrogen-bond donors (Lipinski definition) is 1. The Morgan fingerprint density at radius 1 is 1.14 bits per heavy atom. The van der Waals surface area contributed by atoms with Crippen LogP contribution in [0, 0.1) is 6.92 Å². The molecule has 146 valence electrons. The van der Waals surface area contributed by atoms with Gasteiger partial charge in [0.05, 0.1) is 17.5 Å². The molecule has 0 unspecified atom stereocenters. The second-order valence-electron chi connectivity index (χ2n) is 6.55. The smallest absolute Gasteiger partial charge is 0.337 e. The summed E-state index contributed by atoms with van der Waals surface area (Å²) in [6.45, 7) is 2.49. The Hall–Kier alpha value is -3.45. The molecule has 2 aromatic carbocycles. The standard InChI is InChI=1S/C22H18N2O4S/c1-14-7-9-16(10-8-14)28-12-11-24-19(15-5-3-2-4-6-15)23-20-18(21(24)25)17(13-29-20)22(26)27/h2-10,13H,11-12H2,1H3,(H,26,27). The number of hydrogen-bond acceptors (Lipinski definition) is 5. The first-order valence-corrected chi connectivity index (χ1v) is 9.93. The van der Waals surface area contributed by atoms with E-state index >= 15 is 0 Å². The zero-order chi connectivity index (χ0) is 20.4. The minimum Gasteiger partial charge on any atom is -0.492 e. The first-order valence-electron chi connectivity index (χ1n) is 9.05. The number of ether oxygens (including phenoxy) is 1. The van der Waals surface area contributed by atoms with Gasteiger partial charge in [-0.25, -0.2) is 9.78 Å². The van der Waals surface area contributed by atoms with Crippen molar-refractivity contribution in [3.05, 3.63) is 81.5 Å². The molecule has 6 nitrogen and oxygen atoms in total. The Morgan fingerprint density at radius 2 is 1.86 bits per heavy atom. The van der Waals surface area contributed by atoms with Gasteiger partial charge < -0.3 is 9.84 Å². The fourth-order valence-corrected chi connectivity index (χ4v) is 3.99.